The number of pyridine rings is 1. The number of carbonyl (C=O) groups is 1. The van der Waals surface area contributed by atoms with Crippen LogP contribution in [-0.2, 0) is 0 Å². The third kappa shape index (κ3) is 3.49. The van der Waals surface area contributed by atoms with Crippen LogP contribution in [0.25, 0.3) is 0 Å². The lowest BCUT2D eigenvalue weighted by Gasteiger charge is -2.30. The number of carbonyl (C=O) groups excluding carboxylic acids is 1. The van der Waals surface area contributed by atoms with Crippen molar-refractivity contribution in [1.82, 2.24) is 10.3 Å². The molecule has 1 aliphatic rings. The van der Waals surface area contributed by atoms with Gasteiger partial charge in [0.1, 0.15) is 5.75 Å². The van der Waals surface area contributed by atoms with Crippen molar-refractivity contribution in [2.24, 2.45) is 17.3 Å². The summed E-state index contributed by atoms with van der Waals surface area (Å²) in [5.74, 6) is 0.384. The van der Waals surface area contributed by atoms with Gasteiger partial charge >= 0.3 is 0 Å². The number of amides is 1. The van der Waals surface area contributed by atoms with E-state index >= 15 is 0 Å². The number of aryl methyl sites for hydroxylation is 1. The normalized spacial score (nSPS) is 27.2. The average molecular weight is 302 g/mol. The number of rotatable bonds is 2. The maximum absolute atomic E-state index is 12.5. The summed E-state index contributed by atoms with van der Waals surface area (Å²) in [4.78, 5) is 16.5. The van der Waals surface area contributed by atoms with Gasteiger partial charge < -0.3 is 10.4 Å². The Bertz CT molecular complexity index is 593. The van der Waals surface area contributed by atoms with E-state index in [0.29, 0.717) is 17.4 Å². The molecule has 1 aromatic rings. The second kappa shape index (κ2) is 6.11. The number of aromatic nitrogens is 1. The Balaban J connectivity index is 2.21. The number of aromatic hydroxyl groups is 1. The van der Waals surface area contributed by atoms with Gasteiger partial charge in [-0.3, -0.25) is 4.79 Å². The van der Waals surface area contributed by atoms with E-state index in [1.165, 1.54) is 0 Å². The quantitative estimate of drug-likeness (QED) is 0.822. The van der Waals surface area contributed by atoms with Gasteiger partial charge in [-0.2, -0.15) is 0 Å². The Hall–Kier alpha value is -1.84. The molecule has 0 fully saturated rings. The predicted molar refractivity (Wildman–Crippen MR) is 87.8 cm³/mol. The van der Waals surface area contributed by atoms with Crippen LogP contribution in [0.3, 0.4) is 0 Å². The van der Waals surface area contributed by atoms with Crippen LogP contribution in [-0.4, -0.2) is 22.0 Å². The van der Waals surface area contributed by atoms with E-state index in [9.17, 15) is 9.90 Å². The number of nitrogens with zero attached hydrogens (tertiary/aromatic N) is 1. The van der Waals surface area contributed by atoms with Gasteiger partial charge in [0, 0.05) is 12.2 Å². The Morgan fingerprint density at radius 2 is 2.09 bits per heavy atom. The minimum atomic E-state index is -0.303. The lowest BCUT2D eigenvalue weighted by molar-refractivity contribution is 0.0899. The van der Waals surface area contributed by atoms with Gasteiger partial charge in [0.25, 0.3) is 5.91 Å². The number of allylic oxidation sites excluding steroid dienone is 2. The molecule has 4 heteroatoms. The highest BCUT2D eigenvalue weighted by molar-refractivity contribution is 5.95. The molecule has 1 aliphatic carbocycles. The van der Waals surface area contributed by atoms with Crippen molar-refractivity contribution in [2.45, 2.75) is 47.1 Å². The highest BCUT2D eigenvalue weighted by atomic mass is 16.3. The fraction of sp³-hybridized carbons (Fsp3) is 0.556. The maximum Gasteiger partial charge on any atom is 0.273 e. The molecule has 0 bridgehead atoms. The van der Waals surface area contributed by atoms with Gasteiger partial charge in [-0.15, -0.1) is 0 Å². The van der Waals surface area contributed by atoms with Crippen molar-refractivity contribution in [2.75, 3.05) is 0 Å². The van der Waals surface area contributed by atoms with Gasteiger partial charge in [0.2, 0.25) is 0 Å². The first-order valence-electron chi connectivity index (χ1n) is 7.86. The Kier molecular flexibility index (Phi) is 4.59. The van der Waals surface area contributed by atoms with E-state index in [4.69, 9.17) is 0 Å². The third-order valence-corrected chi connectivity index (χ3v) is 4.72. The fourth-order valence-corrected chi connectivity index (χ4v) is 2.91. The van der Waals surface area contributed by atoms with Crippen LogP contribution in [0.1, 0.15) is 50.2 Å². The van der Waals surface area contributed by atoms with E-state index in [1.54, 1.807) is 19.2 Å². The molecule has 4 nitrogen and oxygen atoms in total. The summed E-state index contributed by atoms with van der Waals surface area (Å²) in [5.41, 5.74) is 0.804. The molecule has 0 saturated carbocycles. The largest absolute Gasteiger partial charge is 0.505 e. The smallest absolute Gasteiger partial charge is 0.273 e. The maximum atomic E-state index is 12.5. The molecule has 1 heterocycles. The molecule has 0 aromatic carbocycles. The Morgan fingerprint density at radius 1 is 1.41 bits per heavy atom. The second-order valence-electron chi connectivity index (χ2n) is 7.18. The van der Waals surface area contributed by atoms with Crippen molar-refractivity contribution in [3.63, 3.8) is 0 Å². The Morgan fingerprint density at radius 3 is 2.77 bits per heavy atom. The lowest BCUT2D eigenvalue weighted by Crippen LogP contribution is -2.43. The van der Waals surface area contributed by atoms with Crippen LogP contribution in [0.2, 0.25) is 0 Å². The minimum absolute atomic E-state index is 0.0355. The number of nitrogens with one attached hydrogen (secondary N) is 1. The van der Waals surface area contributed by atoms with Gasteiger partial charge in [-0.1, -0.05) is 39.8 Å². The van der Waals surface area contributed by atoms with Gasteiger partial charge in [0.15, 0.2) is 5.69 Å². The summed E-state index contributed by atoms with van der Waals surface area (Å²) in [6, 6.07) is 1.74. The van der Waals surface area contributed by atoms with E-state index in [-0.39, 0.29) is 28.8 Å². The molecule has 22 heavy (non-hydrogen) atoms. The van der Waals surface area contributed by atoms with Crippen molar-refractivity contribution in [3.8, 4) is 5.75 Å². The lowest BCUT2D eigenvalue weighted by atomic mass is 9.82. The first-order valence-corrected chi connectivity index (χ1v) is 7.86. The van der Waals surface area contributed by atoms with Crippen LogP contribution in [0.15, 0.2) is 24.4 Å². The van der Waals surface area contributed by atoms with E-state index in [1.807, 2.05) is 0 Å². The van der Waals surface area contributed by atoms with Crippen LogP contribution in [0, 0.1) is 24.2 Å². The van der Waals surface area contributed by atoms with Crippen molar-refractivity contribution >= 4 is 5.91 Å². The number of hydrogen-bond acceptors (Lipinski definition) is 3. The first kappa shape index (κ1) is 16.5. The highest BCUT2D eigenvalue weighted by Crippen LogP contribution is 2.34. The van der Waals surface area contributed by atoms with Crippen LogP contribution >= 0.6 is 0 Å². The minimum Gasteiger partial charge on any atom is -0.505 e. The Labute approximate surface area is 132 Å². The van der Waals surface area contributed by atoms with E-state index in [0.717, 1.165) is 6.42 Å². The molecule has 0 radical (unpaired) electrons. The molecule has 0 saturated heterocycles. The molecule has 1 unspecified atom stereocenters. The van der Waals surface area contributed by atoms with Crippen LogP contribution in [0.5, 0.6) is 5.75 Å². The molecule has 3 atom stereocenters. The summed E-state index contributed by atoms with van der Waals surface area (Å²) in [7, 11) is 0. The zero-order valence-corrected chi connectivity index (χ0v) is 14.1. The molecule has 1 amide bonds. The third-order valence-electron chi connectivity index (χ3n) is 4.72. The summed E-state index contributed by atoms with van der Waals surface area (Å²) in [6.07, 6.45) is 6.89. The van der Waals surface area contributed by atoms with Gasteiger partial charge in [-0.05, 0) is 42.2 Å². The fourth-order valence-electron chi connectivity index (χ4n) is 2.91. The summed E-state index contributed by atoms with van der Waals surface area (Å²) in [6.45, 7) is 10.4. The van der Waals surface area contributed by atoms with Gasteiger partial charge in [0.05, 0.1) is 0 Å². The highest BCUT2D eigenvalue weighted by Gasteiger charge is 2.32. The topological polar surface area (TPSA) is 62.2 Å². The zero-order valence-electron chi connectivity index (χ0n) is 14.1. The number of hydrogen-bond donors (Lipinski definition) is 2. The van der Waals surface area contributed by atoms with Crippen molar-refractivity contribution in [3.05, 3.63) is 35.7 Å². The second-order valence-corrected chi connectivity index (χ2v) is 7.18. The molecule has 2 N–H and O–H groups in total. The van der Waals surface area contributed by atoms with Crippen molar-refractivity contribution < 1.29 is 9.90 Å². The van der Waals surface area contributed by atoms with Crippen molar-refractivity contribution in [1.29, 1.82) is 0 Å². The van der Waals surface area contributed by atoms with E-state index in [2.05, 4.69) is 50.1 Å². The standard InChI is InChI=1S/C18H26N2O2/c1-11-6-8-18(4,5)10-14(13(11)3)20-17(22)15-16(21)12(2)7-9-19-15/h6-9,11,13-14,21H,10H2,1-5H3,(H,20,22)/t11-,13+,14?/m0/s1. The molecular formula is C18H26N2O2. The monoisotopic (exact) mass is 302 g/mol. The van der Waals surface area contributed by atoms with Gasteiger partial charge in [-0.25, -0.2) is 4.98 Å². The average Bonchev–Trinajstić information content (AvgIpc) is 2.54. The van der Waals surface area contributed by atoms with E-state index < -0.39 is 0 Å². The summed E-state index contributed by atoms with van der Waals surface area (Å²) < 4.78 is 0. The molecule has 120 valence electrons. The van der Waals surface area contributed by atoms with Crippen LogP contribution in [0.4, 0.5) is 0 Å². The summed E-state index contributed by atoms with van der Waals surface area (Å²) >= 11 is 0. The zero-order chi connectivity index (χ0) is 16.5. The molecular weight excluding hydrogens is 276 g/mol. The summed E-state index contributed by atoms with van der Waals surface area (Å²) in [5, 5.41) is 13.1. The molecule has 1 aromatic heterocycles. The molecule has 0 spiro atoms. The van der Waals surface area contributed by atoms with Crippen LogP contribution < -0.4 is 5.32 Å². The SMILES string of the molecule is Cc1ccnc(C(=O)NC2CC(C)(C)C=C[C@H](C)[C@H]2C)c1O. The predicted octanol–water partition coefficient (Wildman–Crippen LogP) is 3.45. The molecule has 2 rings (SSSR count). The first-order chi connectivity index (χ1) is 10.2. The molecule has 0 aliphatic heterocycles.